The first-order chi connectivity index (χ1) is 12.1. The van der Waals surface area contributed by atoms with Gasteiger partial charge in [-0.2, -0.15) is 10.4 Å². The first-order valence-electron chi connectivity index (χ1n) is 8.14. The van der Waals surface area contributed by atoms with Crippen LogP contribution in [0.15, 0.2) is 16.7 Å². The minimum Gasteiger partial charge on any atom is -0.491 e. The normalized spacial score (nSPS) is 19.4. The van der Waals surface area contributed by atoms with E-state index in [0.29, 0.717) is 54.6 Å². The highest BCUT2D eigenvalue weighted by Gasteiger charge is 2.30. The molecule has 2 aromatic rings. The van der Waals surface area contributed by atoms with Crippen LogP contribution in [-0.4, -0.2) is 40.7 Å². The maximum absolute atomic E-state index is 9.92. The Kier molecular flexibility index (Phi) is 4.36. The smallest absolute Gasteiger partial charge is 0.148 e. The number of ether oxygens (including phenoxy) is 1. The number of nitrogens with zero attached hydrogens (tertiary/aromatic N) is 4. The van der Waals surface area contributed by atoms with E-state index in [1.54, 1.807) is 12.3 Å². The molecular formula is C17H16BrClN4O2. The molecule has 0 bridgehead atoms. The number of rotatable bonds is 1. The average molecular weight is 424 g/mol. The Morgan fingerprint density at radius 2 is 2.28 bits per heavy atom. The molecule has 0 saturated carbocycles. The van der Waals surface area contributed by atoms with E-state index in [9.17, 15) is 10.4 Å². The quantitative estimate of drug-likeness (QED) is 0.762. The number of anilines is 1. The Balaban J connectivity index is 1.99. The number of halogens is 2. The summed E-state index contributed by atoms with van der Waals surface area (Å²) in [6, 6.07) is 4.10. The molecule has 1 N–H and O–H groups in total. The van der Waals surface area contributed by atoms with E-state index in [-0.39, 0.29) is 6.10 Å². The van der Waals surface area contributed by atoms with Crippen LogP contribution in [0.5, 0.6) is 5.75 Å². The molecule has 1 aromatic heterocycles. The monoisotopic (exact) mass is 422 g/mol. The van der Waals surface area contributed by atoms with Crippen molar-refractivity contribution < 1.29 is 9.84 Å². The molecule has 0 amide bonds. The van der Waals surface area contributed by atoms with Gasteiger partial charge < -0.3 is 14.7 Å². The van der Waals surface area contributed by atoms with Gasteiger partial charge in [-0.1, -0.05) is 11.6 Å². The fourth-order valence-electron chi connectivity index (χ4n) is 3.48. The fourth-order valence-corrected chi connectivity index (χ4v) is 4.23. The molecule has 25 heavy (non-hydrogen) atoms. The SMILES string of the molecule is N#Cc1c(N2CCC(O)C2)cc(Cl)c2c1-c1c(Br)cnn1CCCO2. The van der Waals surface area contributed by atoms with Crippen LogP contribution in [0.3, 0.4) is 0 Å². The minimum atomic E-state index is -0.388. The summed E-state index contributed by atoms with van der Waals surface area (Å²) in [7, 11) is 0. The van der Waals surface area contributed by atoms with E-state index < -0.39 is 0 Å². The second kappa shape index (κ2) is 6.52. The van der Waals surface area contributed by atoms with Gasteiger partial charge >= 0.3 is 0 Å². The first-order valence-corrected chi connectivity index (χ1v) is 9.31. The number of aromatic nitrogens is 2. The van der Waals surface area contributed by atoms with Crippen molar-refractivity contribution in [1.29, 1.82) is 5.26 Å². The molecule has 2 aliphatic rings. The van der Waals surface area contributed by atoms with Crippen LogP contribution in [0.4, 0.5) is 5.69 Å². The van der Waals surface area contributed by atoms with E-state index in [2.05, 4.69) is 27.1 Å². The van der Waals surface area contributed by atoms with Crippen LogP contribution in [0.2, 0.25) is 5.02 Å². The van der Waals surface area contributed by atoms with Crippen LogP contribution in [-0.2, 0) is 6.54 Å². The largest absolute Gasteiger partial charge is 0.491 e. The van der Waals surface area contributed by atoms with Crippen molar-refractivity contribution in [2.75, 3.05) is 24.6 Å². The van der Waals surface area contributed by atoms with E-state index in [1.807, 2.05) is 9.58 Å². The van der Waals surface area contributed by atoms with Gasteiger partial charge in [0.2, 0.25) is 0 Å². The number of aryl methyl sites for hydroxylation is 1. The summed E-state index contributed by atoms with van der Waals surface area (Å²) in [6.07, 6.45) is 2.82. The summed E-state index contributed by atoms with van der Waals surface area (Å²) in [5, 5.41) is 24.7. The number of aliphatic hydroxyl groups is 1. The second-order valence-corrected chi connectivity index (χ2v) is 7.48. The topological polar surface area (TPSA) is 74.3 Å². The number of β-amino-alcohol motifs (C(OH)–C–C–N with tert-alkyl or cyclic N) is 1. The summed E-state index contributed by atoms with van der Waals surface area (Å²) in [4.78, 5) is 2.00. The highest BCUT2D eigenvalue weighted by molar-refractivity contribution is 9.10. The van der Waals surface area contributed by atoms with Crippen molar-refractivity contribution in [3.8, 4) is 23.1 Å². The third kappa shape index (κ3) is 2.78. The molecule has 1 fully saturated rings. The Morgan fingerprint density at radius 1 is 1.44 bits per heavy atom. The maximum Gasteiger partial charge on any atom is 0.148 e. The number of hydrogen-bond acceptors (Lipinski definition) is 5. The Bertz CT molecular complexity index is 877. The number of benzene rings is 1. The lowest BCUT2D eigenvalue weighted by Crippen LogP contribution is -2.23. The molecule has 130 valence electrons. The Hall–Kier alpha value is -1.75. The van der Waals surface area contributed by atoms with Crippen molar-refractivity contribution in [3.63, 3.8) is 0 Å². The third-order valence-electron chi connectivity index (χ3n) is 4.62. The summed E-state index contributed by atoms with van der Waals surface area (Å²) >= 11 is 10.1. The Morgan fingerprint density at radius 3 is 3.00 bits per heavy atom. The van der Waals surface area contributed by atoms with Crippen LogP contribution in [0.1, 0.15) is 18.4 Å². The molecule has 1 aromatic carbocycles. The highest BCUT2D eigenvalue weighted by Crippen LogP contribution is 2.47. The lowest BCUT2D eigenvalue weighted by atomic mass is 10.0. The molecule has 1 saturated heterocycles. The van der Waals surface area contributed by atoms with Crippen molar-refractivity contribution >= 4 is 33.2 Å². The van der Waals surface area contributed by atoms with Gasteiger partial charge in [0.25, 0.3) is 0 Å². The van der Waals surface area contributed by atoms with Crippen LogP contribution in [0.25, 0.3) is 11.3 Å². The molecule has 6 nitrogen and oxygen atoms in total. The first kappa shape index (κ1) is 16.7. The predicted octanol–water partition coefficient (Wildman–Crippen LogP) is 3.19. The van der Waals surface area contributed by atoms with Crippen molar-refractivity contribution in [2.24, 2.45) is 0 Å². The van der Waals surface area contributed by atoms with Gasteiger partial charge in [0, 0.05) is 26.1 Å². The fraction of sp³-hybridized carbons (Fsp3) is 0.412. The van der Waals surface area contributed by atoms with Gasteiger partial charge in [-0.25, -0.2) is 0 Å². The molecule has 1 unspecified atom stereocenters. The molecular weight excluding hydrogens is 408 g/mol. The zero-order valence-electron chi connectivity index (χ0n) is 13.4. The van der Waals surface area contributed by atoms with Gasteiger partial charge in [-0.05, 0) is 28.4 Å². The van der Waals surface area contributed by atoms with Gasteiger partial charge in [0.05, 0.1) is 50.9 Å². The number of aliphatic hydroxyl groups excluding tert-OH is 1. The Labute approximate surface area is 158 Å². The van der Waals surface area contributed by atoms with E-state index in [4.69, 9.17) is 16.3 Å². The molecule has 0 aliphatic carbocycles. The number of fused-ring (bicyclic) bond motifs is 3. The minimum absolute atomic E-state index is 0.388. The van der Waals surface area contributed by atoms with Gasteiger partial charge in [0.15, 0.2) is 0 Å². The number of hydrogen-bond donors (Lipinski definition) is 1. The molecule has 4 rings (SSSR count). The summed E-state index contributed by atoms with van der Waals surface area (Å²) in [5.41, 5.74) is 2.69. The molecule has 1 atom stereocenters. The predicted molar refractivity (Wildman–Crippen MR) is 98.0 cm³/mol. The maximum atomic E-state index is 9.92. The van der Waals surface area contributed by atoms with Crippen LogP contribution < -0.4 is 9.64 Å². The van der Waals surface area contributed by atoms with Gasteiger partial charge in [-0.3, -0.25) is 4.68 Å². The van der Waals surface area contributed by atoms with E-state index >= 15 is 0 Å². The zero-order chi connectivity index (χ0) is 17.6. The molecule has 2 aliphatic heterocycles. The lowest BCUT2D eigenvalue weighted by molar-refractivity contribution is 0.198. The summed E-state index contributed by atoms with van der Waals surface area (Å²) in [5.74, 6) is 0.517. The molecule has 0 spiro atoms. The van der Waals surface area contributed by atoms with Crippen molar-refractivity contribution in [3.05, 3.63) is 27.3 Å². The average Bonchev–Trinajstić information content (AvgIpc) is 3.15. The second-order valence-electron chi connectivity index (χ2n) is 6.22. The van der Waals surface area contributed by atoms with E-state index in [1.165, 1.54) is 0 Å². The zero-order valence-corrected chi connectivity index (χ0v) is 15.7. The van der Waals surface area contributed by atoms with Gasteiger partial charge in [0.1, 0.15) is 11.8 Å². The summed E-state index contributed by atoms with van der Waals surface area (Å²) < 4.78 is 8.59. The lowest BCUT2D eigenvalue weighted by Gasteiger charge is -2.25. The third-order valence-corrected chi connectivity index (χ3v) is 5.48. The van der Waals surface area contributed by atoms with Crippen molar-refractivity contribution in [2.45, 2.75) is 25.5 Å². The van der Waals surface area contributed by atoms with Gasteiger partial charge in [-0.15, -0.1) is 0 Å². The molecule has 3 heterocycles. The van der Waals surface area contributed by atoms with Crippen LogP contribution in [0, 0.1) is 11.3 Å². The number of nitriles is 1. The molecule has 0 radical (unpaired) electrons. The van der Waals surface area contributed by atoms with Crippen LogP contribution >= 0.6 is 27.5 Å². The standard InChI is InChI=1S/C17H16BrClN4O2/c18-12-8-21-23-3-1-5-25-17-13(19)6-14(22-4-2-10(24)9-22)11(7-20)15(17)16(12)23/h6,8,10,24H,1-5,9H2. The van der Waals surface area contributed by atoms with E-state index in [0.717, 1.165) is 22.3 Å². The summed E-state index contributed by atoms with van der Waals surface area (Å²) in [6.45, 7) is 2.39. The molecule has 8 heteroatoms. The highest BCUT2D eigenvalue weighted by atomic mass is 79.9. The van der Waals surface area contributed by atoms with Crippen molar-refractivity contribution in [1.82, 2.24) is 9.78 Å².